The van der Waals surface area contributed by atoms with Crippen LogP contribution in [0.25, 0.3) is 0 Å². The molecule has 0 aliphatic carbocycles. The lowest BCUT2D eigenvalue weighted by Gasteiger charge is -2.10. The summed E-state index contributed by atoms with van der Waals surface area (Å²) in [7, 11) is 1.41. The number of methoxy groups -OCH3 is 1. The summed E-state index contributed by atoms with van der Waals surface area (Å²) in [5.41, 5.74) is 0.375. The predicted octanol–water partition coefficient (Wildman–Crippen LogP) is 3.75. The Balaban J connectivity index is 2.15. The molecule has 0 radical (unpaired) electrons. The molecule has 0 aliphatic heterocycles. The fourth-order valence-corrected chi connectivity index (χ4v) is 2.02. The van der Waals surface area contributed by atoms with E-state index in [0.29, 0.717) is 10.8 Å². The molecule has 124 valence electrons. The van der Waals surface area contributed by atoms with Gasteiger partial charge in [0.25, 0.3) is 5.91 Å². The first kappa shape index (κ1) is 17.5. The Morgan fingerprint density at radius 1 is 1.21 bits per heavy atom. The van der Waals surface area contributed by atoms with Crippen molar-refractivity contribution >= 4 is 29.0 Å². The van der Waals surface area contributed by atoms with Crippen LogP contribution in [0.15, 0.2) is 54.3 Å². The number of hydrogen-bond donors (Lipinski definition) is 2. The van der Waals surface area contributed by atoms with Gasteiger partial charge in [-0.25, -0.2) is 4.39 Å². The smallest absolute Gasteiger partial charge is 0.290 e. The van der Waals surface area contributed by atoms with E-state index >= 15 is 0 Å². The van der Waals surface area contributed by atoms with E-state index in [1.807, 2.05) is 0 Å². The third-order valence-corrected chi connectivity index (χ3v) is 3.27. The van der Waals surface area contributed by atoms with Crippen LogP contribution in [0.4, 0.5) is 10.1 Å². The minimum absolute atomic E-state index is 0.135. The van der Waals surface area contributed by atoms with Gasteiger partial charge in [-0.2, -0.15) is 0 Å². The summed E-state index contributed by atoms with van der Waals surface area (Å²) >= 11 is 5.85. The van der Waals surface area contributed by atoms with Gasteiger partial charge in [0.15, 0.2) is 11.5 Å². The predicted molar refractivity (Wildman–Crippen MR) is 88.1 cm³/mol. The van der Waals surface area contributed by atoms with Crippen LogP contribution in [0, 0.1) is 5.82 Å². The van der Waals surface area contributed by atoms with Crippen LogP contribution in [0.3, 0.4) is 0 Å². The van der Waals surface area contributed by atoms with Gasteiger partial charge in [-0.3, -0.25) is 9.59 Å². The van der Waals surface area contributed by atoms with Crippen molar-refractivity contribution in [3.63, 3.8) is 0 Å². The molecule has 0 atom stereocenters. The molecular formula is C17H13ClFNO4. The number of carbonyl (C=O) groups excluding carboxylic acids is 2. The van der Waals surface area contributed by atoms with E-state index in [2.05, 4.69) is 5.32 Å². The number of aliphatic hydroxyl groups is 1. The number of rotatable bonds is 5. The first-order valence-corrected chi connectivity index (χ1v) is 7.14. The molecule has 2 rings (SSSR count). The maximum absolute atomic E-state index is 12.8. The highest BCUT2D eigenvalue weighted by Crippen LogP contribution is 2.27. The number of ketones is 1. The Morgan fingerprint density at radius 3 is 2.50 bits per heavy atom. The van der Waals surface area contributed by atoms with Crippen LogP contribution in [0.5, 0.6) is 5.75 Å². The molecule has 7 heteroatoms. The molecule has 0 bridgehead atoms. The van der Waals surface area contributed by atoms with E-state index in [9.17, 15) is 19.1 Å². The van der Waals surface area contributed by atoms with Gasteiger partial charge in [0.1, 0.15) is 11.6 Å². The lowest BCUT2D eigenvalue weighted by molar-refractivity contribution is -0.115. The van der Waals surface area contributed by atoms with Gasteiger partial charge in [-0.05, 0) is 42.5 Å². The van der Waals surface area contributed by atoms with E-state index in [4.69, 9.17) is 16.3 Å². The second-order valence-electron chi connectivity index (χ2n) is 4.70. The SMILES string of the molecule is COc1ccc(Cl)cc1NC(=O)/C(O)=C/C(=O)c1ccc(F)cc1. The standard InChI is InChI=1S/C17H13ClFNO4/c1-24-16-7-4-11(18)8-13(16)20-17(23)15(22)9-14(21)10-2-5-12(19)6-3-10/h2-9,22H,1H3,(H,20,23)/b15-9-. The van der Waals surface area contributed by atoms with E-state index in [-0.39, 0.29) is 11.3 Å². The molecule has 0 aromatic heterocycles. The van der Waals surface area contributed by atoms with Crippen molar-refractivity contribution in [1.82, 2.24) is 0 Å². The maximum Gasteiger partial charge on any atom is 0.290 e. The lowest BCUT2D eigenvalue weighted by atomic mass is 10.1. The molecule has 0 saturated carbocycles. The molecule has 2 aromatic carbocycles. The first-order valence-electron chi connectivity index (χ1n) is 6.76. The Hall–Kier alpha value is -2.86. The maximum atomic E-state index is 12.8. The highest BCUT2D eigenvalue weighted by molar-refractivity contribution is 6.31. The van der Waals surface area contributed by atoms with Crippen molar-refractivity contribution in [3.8, 4) is 5.75 Å². The van der Waals surface area contributed by atoms with Gasteiger partial charge >= 0.3 is 0 Å². The van der Waals surface area contributed by atoms with Crippen LogP contribution in [0.2, 0.25) is 5.02 Å². The van der Waals surface area contributed by atoms with Gasteiger partial charge in [0.05, 0.1) is 12.8 Å². The lowest BCUT2D eigenvalue weighted by Crippen LogP contribution is -2.16. The number of carbonyl (C=O) groups is 2. The van der Waals surface area contributed by atoms with Crippen LogP contribution in [-0.2, 0) is 4.79 Å². The number of nitrogens with one attached hydrogen (secondary N) is 1. The largest absolute Gasteiger partial charge is 0.503 e. The summed E-state index contributed by atoms with van der Waals surface area (Å²) in [6.45, 7) is 0. The Morgan fingerprint density at radius 2 is 1.88 bits per heavy atom. The minimum atomic E-state index is -0.911. The van der Waals surface area contributed by atoms with Crippen molar-refractivity contribution in [2.75, 3.05) is 12.4 Å². The molecular weight excluding hydrogens is 337 g/mol. The molecule has 0 unspecified atom stereocenters. The van der Waals surface area contributed by atoms with E-state index < -0.39 is 23.3 Å². The van der Waals surface area contributed by atoms with Gasteiger partial charge in [-0.15, -0.1) is 0 Å². The summed E-state index contributed by atoms with van der Waals surface area (Å²) in [5, 5.41) is 12.5. The average Bonchev–Trinajstić information content (AvgIpc) is 2.55. The third-order valence-electron chi connectivity index (χ3n) is 3.04. The number of benzene rings is 2. The van der Waals surface area contributed by atoms with Crippen molar-refractivity contribution in [1.29, 1.82) is 0 Å². The molecule has 2 N–H and O–H groups in total. The summed E-state index contributed by atoms with van der Waals surface area (Å²) in [5.74, 6) is -2.51. The third kappa shape index (κ3) is 4.33. The fraction of sp³-hybridized carbons (Fsp3) is 0.0588. The van der Waals surface area contributed by atoms with Gasteiger partial charge < -0.3 is 15.2 Å². The molecule has 1 amide bonds. The summed E-state index contributed by atoms with van der Waals surface area (Å²) in [6.07, 6.45) is 0.750. The van der Waals surface area contributed by atoms with Crippen LogP contribution in [-0.4, -0.2) is 23.9 Å². The highest BCUT2D eigenvalue weighted by Gasteiger charge is 2.14. The first-order chi connectivity index (χ1) is 11.4. The number of halogens is 2. The number of hydrogen-bond acceptors (Lipinski definition) is 4. The van der Waals surface area contributed by atoms with E-state index in [1.54, 1.807) is 12.1 Å². The molecule has 0 heterocycles. The van der Waals surface area contributed by atoms with Gasteiger partial charge in [0, 0.05) is 16.7 Å². The summed E-state index contributed by atoms with van der Waals surface area (Å²) in [6, 6.07) is 9.27. The Kier molecular flexibility index (Phi) is 5.55. The van der Waals surface area contributed by atoms with Crippen molar-refractivity contribution < 1.29 is 23.8 Å². The second-order valence-corrected chi connectivity index (χ2v) is 5.14. The number of ether oxygens (including phenoxy) is 1. The number of amides is 1. The average molecular weight is 350 g/mol. The van der Waals surface area contributed by atoms with Gasteiger partial charge in [-0.1, -0.05) is 11.6 Å². The molecule has 0 saturated heterocycles. The van der Waals surface area contributed by atoms with Crippen LogP contribution < -0.4 is 10.1 Å². The number of aliphatic hydroxyl groups excluding tert-OH is 1. The quantitative estimate of drug-likeness (QED) is 0.489. The molecule has 0 fully saturated rings. The minimum Gasteiger partial charge on any atom is -0.503 e. The Labute approximate surface area is 142 Å². The summed E-state index contributed by atoms with van der Waals surface area (Å²) in [4.78, 5) is 23.9. The molecule has 5 nitrogen and oxygen atoms in total. The van der Waals surface area contributed by atoms with Gasteiger partial charge in [0.2, 0.25) is 0 Å². The topological polar surface area (TPSA) is 75.6 Å². The fourth-order valence-electron chi connectivity index (χ4n) is 1.85. The van der Waals surface area contributed by atoms with Crippen molar-refractivity contribution in [2.24, 2.45) is 0 Å². The van der Waals surface area contributed by atoms with Crippen LogP contribution in [0.1, 0.15) is 10.4 Å². The zero-order valence-corrected chi connectivity index (χ0v) is 13.3. The molecule has 24 heavy (non-hydrogen) atoms. The van der Waals surface area contributed by atoms with E-state index in [1.165, 1.54) is 25.3 Å². The normalized spacial score (nSPS) is 11.0. The number of anilines is 1. The Bertz CT molecular complexity index is 803. The molecule has 0 spiro atoms. The van der Waals surface area contributed by atoms with Crippen LogP contribution >= 0.6 is 11.6 Å². The van der Waals surface area contributed by atoms with E-state index in [0.717, 1.165) is 18.2 Å². The number of allylic oxidation sites excluding steroid dienone is 1. The van der Waals surface area contributed by atoms with Crippen molar-refractivity contribution in [3.05, 3.63) is 70.7 Å². The highest BCUT2D eigenvalue weighted by atomic mass is 35.5. The second kappa shape index (κ2) is 7.61. The molecule has 0 aliphatic rings. The zero-order chi connectivity index (χ0) is 17.7. The zero-order valence-electron chi connectivity index (χ0n) is 12.5. The van der Waals surface area contributed by atoms with Crippen molar-refractivity contribution in [2.45, 2.75) is 0 Å². The molecule has 2 aromatic rings. The monoisotopic (exact) mass is 349 g/mol. The summed E-state index contributed by atoms with van der Waals surface area (Å²) < 4.78 is 17.9.